The second-order valence-electron chi connectivity index (χ2n) is 3.74. The maximum Gasteiger partial charge on any atom is 0.137 e. The van der Waals surface area contributed by atoms with Crippen molar-refractivity contribution in [1.29, 1.82) is 0 Å². The van der Waals surface area contributed by atoms with Crippen LogP contribution in [0.5, 0.6) is 11.5 Å². The van der Waals surface area contributed by atoms with E-state index in [-0.39, 0.29) is 0 Å². The summed E-state index contributed by atoms with van der Waals surface area (Å²) in [5.74, 6) is 1.27. The summed E-state index contributed by atoms with van der Waals surface area (Å²) in [6.45, 7) is 1.89. The van der Waals surface area contributed by atoms with E-state index in [1.54, 1.807) is 26.4 Å². The Bertz CT molecular complexity index is 359. The first kappa shape index (κ1) is 14.3. The average Bonchev–Trinajstić information content (AvgIpc) is 2.37. The fourth-order valence-corrected chi connectivity index (χ4v) is 2.11. The zero-order chi connectivity index (χ0) is 13.0. The molecular weight excluding hydrogens is 286 g/mol. The molecule has 2 atom stereocenters. The highest BCUT2D eigenvalue weighted by Gasteiger charge is 2.19. The fraction of sp³-hybridized carbons (Fsp3) is 0.500. The lowest BCUT2D eigenvalue weighted by Crippen LogP contribution is -2.25. The van der Waals surface area contributed by atoms with Crippen molar-refractivity contribution in [2.45, 2.75) is 25.5 Å². The first-order chi connectivity index (χ1) is 8.04. The zero-order valence-corrected chi connectivity index (χ0v) is 11.8. The van der Waals surface area contributed by atoms with Crippen LogP contribution in [0, 0.1) is 0 Å². The van der Waals surface area contributed by atoms with Crippen molar-refractivity contribution in [2.24, 2.45) is 5.73 Å². The third kappa shape index (κ3) is 3.12. The summed E-state index contributed by atoms with van der Waals surface area (Å²) in [6.07, 6.45) is 0.0209. The molecule has 0 aliphatic heterocycles. The molecule has 0 spiro atoms. The fourth-order valence-electron chi connectivity index (χ4n) is 1.56. The number of methoxy groups -OCH3 is 2. The number of ether oxygens (including phenoxy) is 2. The van der Waals surface area contributed by atoms with Gasteiger partial charge in [0.15, 0.2) is 0 Å². The first-order valence-corrected chi connectivity index (χ1v) is 6.19. The van der Waals surface area contributed by atoms with Crippen LogP contribution < -0.4 is 15.2 Å². The molecule has 0 heterocycles. The van der Waals surface area contributed by atoms with E-state index in [0.29, 0.717) is 17.9 Å². The second kappa shape index (κ2) is 6.23. The minimum atomic E-state index is -0.578. The molecule has 96 valence electrons. The Balaban J connectivity index is 3.17. The van der Waals surface area contributed by atoms with Crippen molar-refractivity contribution in [1.82, 2.24) is 0 Å². The van der Waals surface area contributed by atoms with Crippen LogP contribution >= 0.6 is 15.9 Å². The van der Waals surface area contributed by atoms with E-state index in [0.717, 1.165) is 10.0 Å². The molecule has 0 saturated carbocycles. The number of benzene rings is 1. The van der Waals surface area contributed by atoms with Gasteiger partial charge in [0.1, 0.15) is 16.0 Å². The molecule has 0 aliphatic carbocycles. The first-order valence-electron chi connectivity index (χ1n) is 5.40. The van der Waals surface area contributed by atoms with Crippen LogP contribution in [0.4, 0.5) is 0 Å². The molecular formula is C12H18BrNO3. The number of halogens is 1. The van der Waals surface area contributed by atoms with E-state index in [1.165, 1.54) is 0 Å². The van der Waals surface area contributed by atoms with E-state index in [2.05, 4.69) is 15.9 Å². The Hall–Kier alpha value is -0.780. The lowest BCUT2D eigenvalue weighted by atomic mass is 10.00. The molecule has 1 rings (SSSR count). The average molecular weight is 304 g/mol. The van der Waals surface area contributed by atoms with Gasteiger partial charge in [0.05, 0.1) is 26.4 Å². The van der Waals surface area contributed by atoms with Gasteiger partial charge in [0.25, 0.3) is 0 Å². The van der Waals surface area contributed by atoms with Gasteiger partial charge >= 0.3 is 0 Å². The summed E-state index contributed by atoms with van der Waals surface area (Å²) >= 11 is 3.39. The van der Waals surface area contributed by atoms with Gasteiger partial charge in [0.2, 0.25) is 0 Å². The lowest BCUT2D eigenvalue weighted by Gasteiger charge is -2.20. The number of hydrogen-bond donors (Lipinski definition) is 2. The highest BCUT2D eigenvalue weighted by atomic mass is 79.9. The van der Waals surface area contributed by atoms with Crippen LogP contribution in [0.1, 0.15) is 24.9 Å². The van der Waals surface area contributed by atoms with Crippen LogP contribution in [0.25, 0.3) is 0 Å². The molecule has 0 aromatic heterocycles. The van der Waals surface area contributed by atoms with Gasteiger partial charge in [-0.25, -0.2) is 0 Å². The molecule has 0 bridgehead atoms. The van der Waals surface area contributed by atoms with Gasteiger partial charge in [-0.15, -0.1) is 0 Å². The van der Waals surface area contributed by atoms with Crippen LogP contribution in [0.2, 0.25) is 0 Å². The van der Waals surface area contributed by atoms with Crippen LogP contribution in [-0.4, -0.2) is 25.4 Å². The summed E-state index contributed by atoms with van der Waals surface area (Å²) < 4.78 is 11.2. The molecule has 0 unspecified atom stereocenters. The van der Waals surface area contributed by atoms with Gasteiger partial charge in [-0.2, -0.15) is 0 Å². The van der Waals surface area contributed by atoms with Crippen molar-refractivity contribution in [3.63, 3.8) is 0 Å². The maximum atomic E-state index is 9.76. The molecule has 17 heavy (non-hydrogen) atoms. The van der Waals surface area contributed by atoms with Crippen LogP contribution in [-0.2, 0) is 0 Å². The number of aliphatic hydroxyl groups excluding tert-OH is 1. The Kier molecular flexibility index (Phi) is 5.24. The molecule has 1 aromatic rings. The van der Waals surface area contributed by atoms with Crippen LogP contribution in [0.15, 0.2) is 16.6 Å². The minimum Gasteiger partial charge on any atom is -0.495 e. The maximum absolute atomic E-state index is 9.76. The molecule has 3 N–H and O–H groups in total. The van der Waals surface area contributed by atoms with Gasteiger partial charge in [-0.3, -0.25) is 0 Å². The van der Waals surface area contributed by atoms with Crippen molar-refractivity contribution >= 4 is 15.9 Å². The molecule has 0 fully saturated rings. The van der Waals surface area contributed by atoms with E-state index in [9.17, 15) is 5.11 Å². The third-order valence-electron chi connectivity index (χ3n) is 2.69. The zero-order valence-electron chi connectivity index (χ0n) is 10.2. The molecule has 0 saturated heterocycles. The SMILES string of the molecule is CC[C@H](O)[C@H](N)c1cc(OC)c(Br)c(OC)c1. The topological polar surface area (TPSA) is 64.7 Å². The van der Waals surface area contributed by atoms with Gasteiger partial charge < -0.3 is 20.3 Å². The summed E-state index contributed by atoms with van der Waals surface area (Å²) in [5, 5.41) is 9.76. The van der Waals surface area contributed by atoms with E-state index in [1.807, 2.05) is 6.92 Å². The van der Waals surface area contributed by atoms with Crippen LogP contribution in [0.3, 0.4) is 0 Å². The van der Waals surface area contributed by atoms with Gasteiger partial charge in [-0.1, -0.05) is 6.92 Å². The molecule has 0 aliphatic rings. The normalized spacial score (nSPS) is 14.2. The summed E-state index contributed by atoms with van der Waals surface area (Å²) in [4.78, 5) is 0. The minimum absolute atomic E-state index is 0.448. The smallest absolute Gasteiger partial charge is 0.137 e. The molecule has 0 amide bonds. The molecule has 5 heteroatoms. The number of rotatable bonds is 5. The number of nitrogens with two attached hydrogens (primary N) is 1. The van der Waals surface area contributed by atoms with Crippen molar-refractivity contribution in [3.8, 4) is 11.5 Å². The highest BCUT2D eigenvalue weighted by molar-refractivity contribution is 9.10. The standard InChI is InChI=1S/C12H18BrNO3/c1-4-8(15)12(14)7-5-9(16-2)11(13)10(6-7)17-3/h5-6,8,12,15H,4,14H2,1-3H3/t8-,12+/m0/s1. The van der Waals surface area contributed by atoms with E-state index < -0.39 is 12.1 Å². The summed E-state index contributed by atoms with van der Waals surface area (Å²) in [6, 6.07) is 3.16. The second-order valence-corrected chi connectivity index (χ2v) is 4.53. The quantitative estimate of drug-likeness (QED) is 0.875. The Morgan fingerprint density at radius 2 is 1.76 bits per heavy atom. The summed E-state index contributed by atoms with van der Waals surface area (Å²) in [7, 11) is 3.15. The Morgan fingerprint density at radius 1 is 1.29 bits per heavy atom. The van der Waals surface area contributed by atoms with Crippen molar-refractivity contribution in [3.05, 3.63) is 22.2 Å². The third-order valence-corrected chi connectivity index (χ3v) is 3.47. The van der Waals surface area contributed by atoms with Crippen molar-refractivity contribution in [2.75, 3.05) is 14.2 Å². The Labute approximate surface area is 110 Å². The van der Waals surface area contributed by atoms with Gasteiger partial charge in [0, 0.05) is 0 Å². The number of hydrogen-bond acceptors (Lipinski definition) is 4. The molecule has 1 aromatic carbocycles. The monoisotopic (exact) mass is 303 g/mol. The van der Waals surface area contributed by atoms with Crippen molar-refractivity contribution < 1.29 is 14.6 Å². The van der Waals surface area contributed by atoms with E-state index >= 15 is 0 Å². The predicted octanol–water partition coefficient (Wildman–Crippen LogP) is 2.24. The molecule has 4 nitrogen and oxygen atoms in total. The Morgan fingerprint density at radius 3 is 2.12 bits per heavy atom. The highest BCUT2D eigenvalue weighted by Crippen LogP contribution is 2.37. The number of aliphatic hydroxyl groups is 1. The largest absolute Gasteiger partial charge is 0.495 e. The summed E-state index contributed by atoms with van der Waals surface area (Å²) in [5.41, 5.74) is 6.76. The predicted molar refractivity (Wildman–Crippen MR) is 70.5 cm³/mol. The van der Waals surface area contributed by atoms with Gasteiger partial charge in [-0.05, 0) is 40.0 Å². The van der Waals surface area contributed by atoms with E-state index in [4.69, 9.17) is 15.2 Å². The lowest BCUT2D eigenvalue weighted by molar-refractivity contribution is 0.140. The molecule has 0 radical (unpaired) electrons.